The van der Waals surface area contributed by atoms with Crippen LogP contribution in [0.1, 0.15) is 16.7 Å². The minimum Gasteiger partial charge on any atom is -0.507 e. The van der Waals surface area contributed by atoms with Crippen molar-refractivity contribution in [3.63, 3.8) is 0 Å². The van der Waals surface area contributed by atoms with Gasteiger partial charge in [-0.2, -0.15) is 0 Å². The summed E-state index contributed by atoms with van der Waals surface area (Å²) in [5.74, 6) is 1.50. The number of aryl methyl sites for hydroxylation is 3. The summed E-state index contributed by atoms with van der Waals surface area (Å²) in [6, 6.07) is 15.5. The predicted molar refractivity (Wildman–Crippen MR) is 117 cm³/mol. The van der Waals surface area contributed by atoms with Crippen LogP contribution >= 0.6 is 0 Å². The van der Waals surface area contributed by atoms with Crippen LogP contribution in [0.15, 0.2) is 54.7 Å². The van der Waals surface area contributed by atoms with E-state index in [2.05, 4.69) is 15.3 Å². The fourth-order valence-corrected chi connectivity index (χ4v) is 3.57. The lowest BCUT2D eigenvalue weighted by atomic mass is 9.98. The fraction of sp³-hybridized carbons (Fsp3) is 0.167. The minimum atomic E-state index is 0.202. The van der Waals surface area contributed by atoms with Crippen LogP contribution in [0.2, 0.25) is 0 Å². The second kappa shape index (κ2) is 7.43. The molecule has 0 unspecified atom stereocenters. The van der Waals surface area contributed by atoms with Gasteiger partial charge in [-0.05, 0) is 61.2 Å². The maximum Gasteiger partial charge on any atom is 0.227 e. The smallest absolute Gasteiger partial charge is 0.227 e. The van der Waals surface area contributed by atoms with Crippen LogP contribution in [0.4, 0.5) is 11.6 Å². The number of nitrogens with one attached hydrogen (secondary N) is 1. The van der Waals surface area contributed by atoms with Gasteiger partial charge in [-0.1, -0.05) is 24.3 Å². The molecule has 0 saturated heterocycles. The Kier molecular flexibility index (Phi) is 4.80. The molecule has 0 spiro atoms. The number of aromatic nitrogens is 2. The normalized spacial score (nSPS) is 10.9. The summed E-state index contributed by atoms with van der Waals surface area (Å²) in [4.78, 5) is 9.08. The minimum absolute atomic E-state index is 0.202. The van der Waals surface area contributed by atoms with Crippen LogP contribution in [0.25, 0.3) is 22.0 Å². The molecule has 0 aliphatic rings. The number of phenolic OH excluding ortho intramolecular Hbond substituents is 1. The van der Waals surface area contributed by atoms with Crippen LogP contribution in [-0.2, 0) is 0 Å². The molecule has 3 aromatic carbocycles. The van der Waals surface area contributed by atoms with Gasteiger partial charge >= 0.3 is 0 Å². The van der Waals surface area contributed by atoms with E-state index in [1.807, 2.05) is 63.2 Å². The van der Waals surface area contributed by atoms with Gasteiger partial charge in [-0.3, -0.25) is 0 Å². The first kappa shape index (κ1) is 18.7. The Hall–Kier alpha value is -3.60. The van der Waals surface area contributed by atoms with Crippen molar-refractivity contribution in [3.05, 3.63) is 71.4 Å². The van der Waals surface area contributed by atoms with Crippen molar-refractivity contribution in [3.8, 4) is 22.6 Å². The fourth-order valence-electron chi connectivity index (χ4n) is 3.57. The highest BCUT2D eigenvalue weighted by Gasteiger charge is 2.12. The average molecular weight is 385 g/mol. The first-order valence-electron chi connectivity index (χ1n) is 9.44. The molecule has 0 atom stereocenters. The number of rotatable bonds is 4. The predicted octanol–water partition coefficient (Wildman–Crippen LogP) is 5.68. The van der Waals surface area contributed by atoms with Gasteiger partial charge < -0.3 is 15.2 Å². The van der Waals surface area contributed by atoms with E-state index in [-0.39, 0.29) is 5.75 Å². The van der Waals surface area contributed by atoms with Gasteiger partial charge in [0.25, 0.3) is 0 Å². The number of aromatic hydroxyl groups is 1. The van der Waals surface area contributed by atoms with Crippen LogP contribution < -0.4 is 10.1 Å². The monoisotopic (exact) mass is 385 g/mol. The third-order valence-corrected chi connectivity index (χ3v) is 5.11. The van der Waals surface area contributed by atoms with Gasteiger partial charge in [0, 0.05) is 28.9 Å². The van der Waals surface area contributed by atoms with Crippen molar-refractivity contribution in [1.82, 2.24) is 9.97 Å². The molecule has 0 aliphatic heterocycles. The molecule has 4 rings (SSSR count). The Labute approximate surface area is 170 Å². The SMILES string of the molecule is COc1cc(C)c(Nc2ncc3cc(-c4ccccc4C)c(O)cc3n2)c(C)c1. The number of ether oxygens (including phenoxy) is 1. The number of methoxy groups -OCH3 is 1. The van der Waals surface area contributed by atoms with Gasteiger partial charge in [0.15, 0.2) is 0 Å². The van der Waals surface area contributed by atoms with Crippen molar-refractivity contribution >= 4 is 22.5 Å². The highest BCUT2D eigenvalue weighted by atomic mass is 16.5. The van der Waals surface area contributed by atoms with E-state index in [1.165, 1.54) is 0 Å². The molecule has 0 aliphatic carbocycles. The lowest BCUT2D eigenvalue weighted by Gasteiger charge is -2.14. The van der Waals surface area contributed by atoms with Gasteiger partial charge in [0.05, 0.1) is 12.6 Å². The summed E-state index contributed by atoms with van der Waals surface area (Å²) in [6.07, 6.45) is 1.78. The van der Waals surface area contributed by atoms with E-state index in [4.69, 9.17) is 4.74 Å². The molecule has 29 heavy (non-hydrogen) atoms. The second-order valence-electron chi connectivity index (χ2n) is 7.20. The zero-order chi connectivity index (χ0) is 20.5. The van der Waals surface area contributed by atoms with E-state index in [9.17, 15) is 5.11 Å². The van der Waals surface area contributed by atoms with Gasteiger partial charge in [0.2, 0.25) is 5.95 Å². The Morgan fingerprint density at radius 1 is 0.897 bits per heavy atom. The van der Waals surface area contributed by atoms with Crippen molar-refractivity contribution in [2.75, 3.05) is 12.4 Å². The Balaban J connectivity index is 1.73. The molecule has 2 N–H and O–H groups in total. The largest absolute Gasteiger partial charge is 0.507 e. The highest BCUT2D eigenvalue weighted by molar-refractivity contribution is 5.89. The summed E-state index contributed by atoms with van der Waals surface area (Å²) < 4.78 is 5.32. The van der Waals surface area contributed by atoms with Crippen molar-refractivity contribution in [2.24, 2.45) is 0 Å². The Bertz CT molecular complexity index is 1200. The maximum atomic E-state index is 10.6. The van der Waals surface area contributed by atoms with E-state index in [0.717, 1.165) is 44.6 Å². The topological polar surface area (TPSA) is 67.3 Å². The first-order valence-corrected chi connectivity index (χ1v) is 9.44. The van der Waals surface area contributed by atoms with Crippen LogP contribution in [0.5, 0.6) is 11.5 Å². The Morgan fingerprint density at radius 2 is 1.62 bits per heavy atom. The average Bonchev–Trinajstić information content (AvgIpc) is 2.70. The molecule has 5 nitrogen and oxygen atoms in total. The molecule has 4 aromatic rings. The molecular formula is C24H23N3O2. The zero-order valence-electron chi connectivity index (χ0n) is 16.9. The first-order chi connectivity index (χ1) is 14.0. The van der Waals surface area contributed by atoms with Crippen LogP contribution in [0.3, 0.4) is 0 Å². The summed E-state index contributed by atoms with van der Waals surface area (Å²) >= 11 is 0. The lowest BCUT2D eigenvalue weighted by Crippen LogP contribution is -2.01. The van der Waals surface area contributed by atoms with E-state index in [1.54, 1.807) is 19.4 Å². The van der Waals surface area contributed by atoms with Crippen molar-refractivity contribution in [2.45, 2.75) is 20.8 Å². The molecular weight excluding hydrogens is 362 g/mol. The molecule has 0 bridgehead atoms. The van der Waals surface area contributed by atoms with E-state index in [0.29, 0.717) is 11.5 Å². The number of fused-ring (bicyclic) bond motifs is 1. The number of hydrogen-bond acceptors (Lipinski definition) is 5. The standard InChI is InChI=1S/C24H23N3O2/c1-14-7-5-6-8-19(14)20-11-17-13-25-24(26-21(17)12-22(20)28)27-23-15(2)9-18(29-4)10-16(23)3/h5-13,28H,1-4H3,(H,25,26,27). The van der Waals surface area contributed by atoms with Crippen LogP contribution in [0, 0.1) is 20.8 Å². The quantitative estimate of drug-likeness (QED) is 0.473. The summed E-state index contributed by atoms with van der Waals surface area (Å²) in [5.41, 5.74) is 6.60. The number of benzene rings is 3. The van der Waals surface area contributed by atoms with Crippen molar-refractivity contribution in [1.29, 1.82) is 0 Å². The molecule has 0 fully saturated rings. The molecule has 0 radical (unpaired) electrons. The molecule has 146 valence electrons. The summed E-state index contributed by atoms with van der Waals surface area (Å²) in [5, 5.41) is 14.8. The Morgan fingerprint density at radius 3 is 2.31 bits per heavy atom. The number of hydrogen-bond donors (Lipinski definition) is 2. The number of phenols is 1. The third-order valence-electron chi connectivity index (χ3n) is 5.11. The molecule has 1 aromatic heterocycles. The van der Waals surface area contributed by atoms with E-state index >= 15 is 0 Å². The van der Waals surface area contributed by atoms with Crippen molar-refractivity contribution < 1.29 is 9.84 Å². The third kappa shape index (κ3) is 3.59. The number of anilines is 2. The molecule has 1 heterocycles. The van der Waals surface area contributed by atoms with E-state index < -0.39 is 0 Å². The lowest BCUT2D eigenvalue weighted by molar-refractivity contribution is 0.414. The van der Waals surface area contributed by atoms with Crippen LogP contribution in [-0.4, -0.2) is 22.2 Å². The second-order valence-corrected chi connectivity index (χ2v) is 7.20. The number of nitrogens with zero attached hydrogens (tertiary/aromatic N) is 2. The van der Waals surface area contributed by atoms with Gasteiger partial charge in [-0.25, -0.2) is 9.97 Å². The molecule has 5 heteroatoms. The highest BCUT2D eigenvalue weighted by Crippen LogP contribution is 2.35. The molecule has 0 amide bonds. The van der Waals surface area contributed by atoms with Gasteiger partial charge in [-0.15, -0.1) is 0 Å². The zero-order valence-corrected chi connectivity index (χ0v) is 16.9. The maximum absolute atomic E-state index is 10.6. The molecule has 0 saturated carbocycles. The summed E-state index contributed by atoms with van der Waals surface area (Å²) in [6.45, 7) is 6.06. The summed E-state index contributed by atoms with van der Waals surface area (Å²) in [7, 11) is 1.66. The van der Waals surface area contributed by atoms with Gasteiger partial charge in [0.1, 0.15) is 11.5 Å².